The summed E-state index contributed by atoms with van der Waals surface area (Å²) in [5.41, 5.74) is -0.00418. The van der Waals surface area contributed by atoms with Crippen LogP contribution in [0.2, 0.25) is 0 Å². The monoisotopic (exact) mass is 364 g/mol. The second kappa shape index (κ2) is 6.93. The van der Waals surface area contributed by atoms with E-state index >= 15 is 0 Å². The van der Waals surface area contributed by atoms with Crippen LogP contribution in [-0.4, -0.2) is 74.9 Å². The minimum Gasteiger partial charge on any atom is -0.493 e. The lowest BCUT2D eigenvalue weighted by atomic mass is 9.92. The van der Waals surface area contributed by atoms with E-state index in [4.69, 9.17) is 18.9 Å². The fourth-order valence-corrected chi connectivity index (χ4v) is 3.63. The van der Waals surface area contributed by atoms with Crippen LogP contribution in [0.25, 0.3) is 0 Å². The first kappa shape index (κ1) is 18.2. The minimum absolute atomic E-state index is 0.143. The van der Waals surface area contributed by atoms with E-state index < -0.39 is 5.54 Å². The van der Waals surface area contributed by atoms with Crippen LogP contribution in [0.4, 0.5) is 4.79 Å². The highest BCUT2D eigenvalue weighted by Gasteiger charge is 2.50. The van der Waals surface area contributed by atoms with E-state index in [1.165, 1.54) is 21.3 Å². The molecule has 1 aromatic rings. The third kappa shape index (κ3) is 2.79. The molecule has 2 saturated heterocycles. The first-order valence-corrected chi connectivity index (χ1v) is 8.53. The van der Waals surface area contributed by atoms with E-state index in [1.54, 1.807) is 21.9 Å². The van der Waals surface area contributed by atoms with Gasteiger partial charge in [-0.05, 0) is 18.6 Å². The maximum atomic E-state index is 13.1. The van der Waals surface area contributed by atoms with E-state index in [2.05, 4.69) is 0 Å². The Bertz CT molecular complexity index is 697. The second-order valence-corrected chi connectivity index (χ2v) is 6.42. The molecule has 1 aromatic carbocycles. The molecule has 2 aliphatic rings. The third-order valence-electron chi connectivity index (χ3n) is 5.19. The largest absolute Gasteiger partial charge is 0.493 e. The normalized spacial score (nSPS) is 21.9. The number of piperazine rings is 1. The van der Waals surface area contributed by atoms with Gasteiger partial charge in [-0.25, -0.2) is 4.79 Å². The van der Waals surface area contributed by atoms with Crippen molar-refractivity contribution in [1.29, 1.82) is 0 Å². The van der Waals surface area contributed by atoms with Crippen molar-refractivity contribution in [2.75, 3.05) is 47.6 Å². The lowest BCUT2D eigenvalue weighted by molar-refractivity contribution is 0.0361. The number of carbonyl (C=O) groups is 2. The molecule has 2 fully saturated rings. The molecule has 1 unspecified atom stereocenters. The van der Waals surface area contributed by atoms with Gasteiger partial charge in [-0.3, -0.25) is 9.69 Å². The van der Waals surface area contributed by atoms with Crippen LogP contribution in [0.5, 0.6) is 17.2 Å². The van der Waals surface area contributed by atoms with Gasteiger partial charge in [0, 0.05) is 25.2 Å². The summed E-state index contributed by atoms with van der Waals surface area (Å²) in [7, 11) is 4.54. The molecule has 0 aromatic heterocycles. The van der Waals surface area contributed by atoms with Gasteiger partial charge in [-0.1, -0.05) is 6.92 Å². The molecule has 0 radical (unpaired) electrons. The smallest absolute Gasteiger partial charge is 0.410 e. The lowest BCUT2D eigenvalue weighted by Crippen LogP contribution is -2.62. The third-order valence-corrected chi connectivity index (χ3v) is 5.19. The van der Waals surface area contributed by atoms with Crippen LogP contribution in [0, 0.1) is 0 Å². The Morgan fingerprint density at radius 2 is 1.81 bits per heavy atom. The van der Waals surface area contributed by atoms with Gasteiger partial charge in [0.15, 0.2) is 11.5 Å². The Kier molecular flexibility index (Phi) is 4.84. The predicted octanol–water partition coefficient (Wildman–Crippen LogP) is 1.77. The van der Waals surface area contributed by atoms with Gasteiger partial charge in [0.25, 0.3) is 5.91 Å². The number of nitrogens with zero attached hydrogens (tertiary/aromatic N) is 2. The van der Waals surface area contributed by atoms with E-state index in [-0.39, 0.29) is 12.0 Å². The van der Waals surface area contributed by atoms with Gasteiger partial charge < -0.3 is 23.8 Å². The van der Waals surface area contributed by atoms with Crippen molar-refractivity contribution in [3.63, 3.8) is 0 Å². The lowest BCUT2D eigenvalue weighted by Gasteiger charge is -2.44. The van der Waals surface area contributed by atoms with Gasteiger partial charge in [-0.15, -0.1) is 0 Å². The number of hydrogen-bond donors (Lipinski definition) is 0. The number of amides is 2. The number of hydrogen-bond acceptors (Lipinski definition) is 6. The molecular formula is C18H24N2O6. The van der Waals surface area contributed by atoms with Crippen LogP contribution < -0.4 is 14.2 Å². The molecule has 2 amide bonds. The Morgan fingerprint density at radius 1 is 1.15 bits per heavy atom. The van der Waals surface area contributed by atoms with Crippen molar-refractivity contribution >= 4 is 12.0 Å². The molecule has 142 valence electrons. The highest BCUT2D eigenvalue weighted by atomic mass is 16.6. The van der Waals surface area contributed by atoms with Crippen molar-refractivity contribution in [1.82, 2.24) is 9.80 Å². The molecule has 3 rings (SSSR count). The van der Waals surface area contributed by atoms with Gasteiger partial charge >= 0.3 is 6.09 Å². The number of cyclic esters (lactones) is 1. The summed E-state index contributed by atoms with van der Waals surface area (Å²) in [6, 6.07) is 3.29. The molecular weight excluding hydrogens is 340 g/mol. The van der Waals surface area contributed by atoms with Crippen LogP contribution >= 0.6 is 0 Å². The molecule has 2 aliphatic heterocycles. The first-order valence-electron chi connectivity index (χ1n) is 8.53. The number of methoxy groups -OCH3 is 3. The number of rotatable bonds is 5. The quantitative estimate of drug-likeness (QED) is 0.792. The van der Waals surface area contributed by atoms with Crippen molar-refractivity contribution in [2.24, 2.45) is 0 Å². The summed E-state index contributed by atoms with van der Waals surface area (Å²) < 4.78 is 21.2. The summed E-state index contributed by atoms with van der Waals surface area (Å²) in [6.45, 7) is 3.66. The molecule has 26 heavy (non-hydrogen) atoms. The van der Waals surface area contributed by atoms with Crippen molar-refractivity contribution in [2.45, 2.75) is 18.9 Å². The fourth-order valence-electron chi connectivity index (χ4n) is 3.63. The molecule has 0 saturated carbocycles. The topological polar surface area (TPSA) is 77.5 Å². The molecule has 8 heteroatoms. The summed E-state index contributed by atoms with van der Waals surface area (Å²) in [6.07, 6.45) is 0.421. The van der Waals surface area contributed by atoms with Crippen LogP contribution in [0.1, 0.15) is 23.7 Å². The van der Waals surface area contributed by atoms with E-state index in [9.17, 15) is 9.59 Å². The molecule has 0 spiro atoms. The van der Waals surface area contributed by atoms with Crippen LogP contribution in [0.3, 0.4) is 0 Å². The Labute approximate surface area is 152 Å². The van der Waals surface area contributed by atoms with Gasteiger partial charge in [-0.2, -0.15) is 0 Å². The molecule has 8 nitrogen and oxygen atoms in total. The summed E-state index contributed by atoms with van der Waals surface area (Å²) >= 11 is 0. The first-order chi connectivity index (χ1) is 12.5. The average molecular weight is 364 g/mol. The molecule has 1 atom stereocenters. The average Bonchev–Trinajstić information content (AvgIpc) is 3.02. The maximum Gasteiger partial charge on any atom is 0.410 e. The SMILES string of the molecule is CCC12COC(=O)N1CCN(C(=O)c1cc(OC)c(OC)c(OC)c1)C2. The molecule has 0 bridgehead atoms. The van der Waals surface area contributed by atoms with Crippen molar-refractivity contribution in [3.05, 3.63) is 17.7 Å². The Balaban J connectivity index is 1.89. The Morgan fingerprint density at radius 3 is 2.35 bits per heavy atom. The van der Waals surface area contributed by atoms with Gasteiger partial charge in [0.2, 0.25) is 5.75 Å². The van der Waals surface area contributed by atoms with Crippen molar-refractivity contribution in [3.8, 4) is 17.2 Å². The van der Waals surface area contributed by atoms with E-state index in [0.717, 1.165) is 6.42 Å². The number of ether oxygens (including phenoxy) is 4. The number of benzene rings is 1. The van der Waals surface area contributed by atoms with Gasteiger partial charge in [0.1, 0.15) is 6.61 Å². The van der Waals surface area contributed by atoms with Crippen LogP contribution in [0.15, 0.2) is 12.1 Å². The van der Waals surface area contributed by atoms with E-state index in [0.29, 0.717) is 49.1 Å². The minimum atomic E-state index is -0.453. The standard InChI is InChI=1S/C18H24N2O6/c1-5-18-10-19(6-7-20(18)17(22)26-11-18)16(21)12-8-13(23-2)15(25-4)14(9-12)24-3/h8-9H,5-7,10-11H2,1-4H3. The number of fused-ring (bicyclic) bond motifs is 1. The molecule has 0 N–H and O–H groups in total. The zero-order valence-corrected chi connectivity index (χ0v) is 15.5. The van der Waals surface area contributed by atoms with E-state index in [1.807, 2.05) is 6.92 Å². The fraction of sp³-hybridized carbons (Fsp3) is 0.556. The Hall–Kier alpha value is -2.64. The maximum absolute atomic E-state index is 13.1. The van der Waals surface area contributed by atoms with Crippen molar-refractivity contribution < 1.29 is 28.5 Å². The summed E-state index contributed by atoms with van der Waals surface area (Å²) in [4.78, 5) is 28.5. The zero-order chi connectivity index (χ0) is 18.9. The predicted molar refractivity (Wildman–Crippen MR) is 93.1 cm³/mol. The zero-order valence-electron chi connectivity index (χ0n) is 15.5. The summed E-state index contributed by atoms with van der Waals surface area (Å²) in [5, 5.41) is 0. The molecule has 2 heterocycles. The van der Waals surface area contributed by atoms with Crippen LogP contribution in [-0.2, 0) is 4.74 Å². The van der Waals surface area contributed by atoms with Gasteiger partial charge in [0.05, 0.1) is 26.9 Å². The number of carbonyl (C=O) groups excluding carboxylic acids is 2. The second-order valence-electron chi connectivity index (χ2n) is 6.42. The summed E-state index contributed by atoms with van der Waals surface area (Å²) in [5.74, 6) is 1.16. The highest BCUT2D eigenvalue weighted by Crippen LogP contribution is 2.39. The highest BCUT2D eigenvalue weighted by molar-refractivity contribution is 5.96. The molecule has 0 aliphatic carbocycles.